The Bertz CT molecular complexity index is 818. The second kappa shape index (κ2) is 14.4. The van der Waals surface area contributed by atoms with Gasteiger partial charge in [0.25, 0.3) is 0 Å². The molecule has 1 heterocycles. The van der Waals surface area contributed by atoms with E-state index in [2.05, 4.69) is 5.32 Å². The van der Waals surface area contributed by atoms with E-state index in [9.17, 15) is 24.0 Å². The van der Waals surface area contributed by atoms with Gasteiger partial charge in [0.2, 0.25) is 0 Å². The molecule has 0 aliphatic carbocycles. The van der Waals surface area contributed by atoms with Crippen molar-refractivity contribution in [3.8, 4) is 0 Å². The Morgan fingerprint density at radius 2 is 1.36 bits per heavy atom. The Kier molecular flexibility index (Phi) is 12.3. The monoisotopic (exact) mass is 517 g/mol. The summed E-state index contributed by atoms with van der Waals surface area (Å²) in [6, 6.07) is 0. The van der Waals surface area contributed by atoms with Crippen LogP contribution in [0.1, 0.15) is 48.5 Å². The van der Waals surface area contributed by atoms with Gasteiger partial charge >= 0.3 is 30.0 Å². The number of amides is 1. The van der Waals surface area contributed by atoms with Crippen LogP contribution in [0.5, 0.6) is 0 Å². The largest absolute Gasteiger partial charge is 0.463 e. The van der Waals surface area contributed by atoms with Crippen molar-refractivity contribution >= 4 is 30.0 Å². The second-order valence-corrected chi connectivity index (χ2v) is 8.76. The smallest absolute Gasteiger partial charge is 0.407 e. The molecule has 0 unspecified atom stereocenters. The summed E-state index contributed by atoms with van der Waals surface area (Å²) in [4.78, 5) is 58.3. The van der Waals surface area contributed by atoms with Crippen molar-refractivity contribution in [1.29, 1.82) is 0 Å². The molecule has 0 aromatic heterocycles. The van der Waals surface area contributed by atoms with Crippen LogP contribution in [0.25, 0.3) is 0 Å². The molecular formula is C23H35NO12. The molecule has 1 saturated heterocycles. The van der Waals surface area contributed by atoms with Crippen LogP contribution in [0.4, 0.5) is 4.79 Å². The summed E-state index contributed by atoms with van der Waals surface area (Å²) in [6.07, 6.45) is -3.70. The van der Waals surface area contributed by atoms with E-state index in [-0.39, 0.29) is 19.8 Å². The van der Waals surface area contributed by atoms with Gasteiger partial charge in [-0.15, -0.1) is 0 Å². The zero-order valence-corrected chi connectivity index (χ0v) is 21.6. The van der Waals surface area contributed by atoms with E-state index in [4.69, 9.17) is 33.2 Å². The number of hydrogen-bond acceptors (Lipinski definition) is 12. The van der Waals surface area contributed by atoms with Gasteiger partial charge in [-0.05, 0) is 20.8 Å². The molecule has 0 spiro atoms. The van der Waals surface area contributed by atoms with Gasteiger partial charge in [-0.25, -0.2) is 4.79 Å². The van der Waals surface area contributed by atoms with Crippen LogP contribution >= 0.6 is 0 Å². The first-order valence-electron chi connectivity index (χ1n) is 11.2. The van der Waals surface area contributed by atoms with Crippen molar-refractivity contribution in [2.75, 3.05) is 19.8 Å². The molecular weight excluding hydrogens is 482 g/mol. The molecule has 0 aromatic rings. The number of nitrogens with one attached hydrogen (secondary N) is 1. The Morgan fingerprint density at radius 1 is 0.806 bits per heavy atom. The van der Waals surface area contributed by atoms with E-state index in [1.54, 1.807) is 32.9 Å². The summed E-state index contributed by atoms with van der Waals surface area (Å²) in [5, 5.41) is 2.54. The Labute approximate surface area is 209 Å². The molecule has 0 aromatic carbocycles. The average Bonchev–Trinajstić information content (AvgIpc) is 2.70. The minimum absolute atomic E-state index is 0.0657. The van der Waals surface area contributed by atoms with Crippen molar-refractivity contribution in [2.45, 2.75) is 84.8 Å². The summed E-state index contributed by atoms with van der Waals surface area (Å²) in [5.74, 6) is -2.82. The summed E-state index contributed by atoms with van der Waals surface area (Å²) < 4.78 is 37.5. The van der Waals surface area contributed by atoms with E-state index < -0.39 is 66.3 Å². The van der Waals surface area contributed by atoms with Crippen LogP contribution in [-0.4, -0.2) is 86.0 Å². The molecule has 204 valence electrons. The summed E-state index contributed by atoms with van der Waals surface area (Å²) >= 11 is 0. The molecule has 1 rings (SSSR count). The van der Waals surface area contributed by atoms with Gasteiger partial charge in [0, 0.05) is 34.2 Å². The number of hydrogen-bond donors (Lipinski definition) is 1. The van der Waals surface area contributed by atoms with Crippen LogP contribution < -0.4 is 5.32 Å². The molecule has 13 nitrogen and oxygen atoms in total. The quantitative estimate of drug-likeness (QED) is 0.250. The van der Waals surface area contributed by atoms with Crippen molar-refractivity contribution in [3.63, 3.8) is 0 Å². The predicted octanol–water partition coefficient (Wildman–Crippen LogP) is 1.17. The minimum atomic E-state index is -1.31. The van der Waals surface area contributed by atoms with Crippen LogP contribution in [0, 0.1) is 0 Å². The summed E-state index contributed by atoms with van der Waals surface area (Å²) in [6.45, 7) is 9.52. The van der Waals surface area contributed by atoms with Gasteiger partial charge in [-0.1, -0.05) is 12.2 Å². The lowest BCUT2D eigenvalue weighted by atomic mass is 9.98. The van der Waals surface area contributed by atoms with Gasteiger partial charge in [0.1, 0.15) is 18.3 Å². The van der Waals surface area contributed by atoms with Crippen LogP contribution in [-0.2, 0) is 52.3 Å². The van der Waals surface area contributed by atoms with Gasteiger partial charge in [0.05, 0.1) is 6.61 Å². The standard InChI is InChI=1S/C23H35NO12/c1-13(25)31-12-17-18(32-14(2)26)19(33-15(3)27)20(34-16(4)28)21(35-17)30-11-9-8-10-24-22(29)36-23(5,6)7/h8-9,17-21H,10-12H2,1-7H3,(H,24,29)/b9-8+/t17-,18+,19+,20-,21+/m1/s1. The van der Waals surface area contributed by atoms with Crippen molar-refractivity contribution in [3.05, 3.63) is 12.2 Å². The highest BCUT2D eigenvalue weighted by Gasteiger charge is 2.52. The normalized spacial score (nSPS) is 23.9. The Morgan fingerprint density at radius 3 is 1.89 bits per heavy atom. The number of carbonyl (C=O) groups is 5. The van der Waals surface area contributed by atoms with Gasteiger partial charge in [-0.3, -0.25) is 19.2 Å². The van der Waals surface area contributed by atoms with Crippen LogP contribution in [0.15, 0.2) is 12.2 Å². The molecule has 1 amide bonds. The highest BCUT2D eigenvalue weighted by molar-refractivity contribution is 5.69. The molecule has 0 radical (unpaired) electrons. The molecule has 13 heteroatoms. The third-order valence-corrected chi connectivity index (χ3v) is 4.23. The van der Waals surface area contributed by atoms with Gasteiger partial charge < -0.3 is 38.5 Å². The van der Waals surface area contributed by atoms with Gasteiger partial charge in [0.15, 0.2) is 24.6 Å². The fraction of sp³-hybridized carbons (Fsp3) is 0.696. The van der Waals surface area contributed by atoms with Crippen molar-refractivity contribution < 1.29 is 57.1 Å². The molecule has 36 heavy (non-hydrogen) atoms. The highest BCUT2D eigenvalue weighted by Crippen LogP contribution is 2.30. The molecule has 1 N–H and O–H groups in total. The predicted molar refractivity (Wildman–Crippen MR) is 121 cm³/mol. The van der Waals surface area contributed by atoms with E-state index in [0.717, 1.165) is 20.8 Å². The fourth-order valence-corrected chi connectivity index (χ4v) is 3.08. The SMILES string of the molecule is CC(=O)OC[C@H]1O[C@H](OC/C=C/CNC(=O)OC(C)(C)C)[C@H](OC(C)=O)[C@@H](OC(C)=O)[C@H]1OC(C)=O. The Hall–Kier alpha value is -3.19. The zero-order valence-electron chi connectivity index (χ0n) is 21.6. The van der Waals surface area contributed by atoms with E-state index in [1.165, 1.54) is 6.92 Å². The lowest BCUT2D eigenvalue weighted by molar-refractivity contribution is -0.305. The van der Waals surface area contributed by atoms with Crippen LogP contribution in [0.2, 0.25) is 0 Å². The first-order valence-corrected chi connectivity index (χ1v) is 11.2. The number of esters is 4. The number of carbonyl (C=O) groups excluding carboxylic acids is 5. The lowest BCUT2D eigenvalue weighted by Gasteiger charge is -2.43. The van der Waals surface area contributed by atoms with Crippen molar-refractivity contribution in [1.82, 2.24) is 5.32 Å². The van der Waals surface area contributed by atoms with E-state index in [0.29, 0.717) is 0 Å². The zero-order chi connectivity index (χ0) is 27.5. The molecule has 1 fully saturated rings. The minimum Gasteiger partial charge on any atom is -0.463 e. The van der Waals surface area contributed by atoms with Crippen LogP contribution in [0.3, 0.4) is 0 Å². The lowest BCUT2D eigenvalue weighted by Crippen LogP contribution is -2.62. The average molecular weight is 518 g/mol. The highest BCUT2D eigenvalue weighted by atomic mass is 16.7. The second-order valence-electron chi connectivity index (χ2n) is 8.76. The molecule has 1 aliphatic rings. The maximum Gasteiger partial charge on any atom is 0.407 e. The summed E-state index contributed by atoms with van der Waals surface area (Å²) in [5.41, 5.74) is -0.633. The number of alkyl carbamates (subject to hydrolysis) is 1. The molecule has 1 aliphatic heterocycles. The van der Waals surface area contributed by atoms with E-state index >= 15 is 0 Å². The fourth-order valence-electron chi connectivity index (χ4n) is 3.08. The van der Waals surface area contributed by atoms with Gasteiger partial charge in [-0.2, -0.15) is 0 Å². The number of rotatable bonds is 10. The summed E-state index contributed by atoms with van der Waals surface area (Å²) in [7, 11) is 0. The third kappa shape index (κ3) is 12.0. The topological polar surface area (TPSA) is 162 Å². The van der Waals surface area contributed by atoms with Crippen molar-refractivity contribution in [2.24, 2.45) is 0 Å². The first kappa shape index (κ1) is 30.8. The molecule has 0 saturated carbocycles. The first-order chi connectivity index (χ1) is 16.7. The number of ether oxygens (including phenoxy) is 7. The molecule has 5 atom stereocenters. The Balaban J connectivity index is 2.99. The maximum atomic E-state index is 11.8. The van der Waals surface area contributed by atoms with E-state index in [1.807, 2.05) is 0 Å². The third-order valence-electron chi connectivity index (χ3n) is 4.23. The molecule has 0 bridgehead atoms. The maximum absolute atomic E-state index is 11.8.